The fourth-order valence-corrected chi connectivity index (χ4v) is 2.43. The van der Waals surface area contributed by atoms with E-state index in [9.17, 15) is 0 Å². The van der Waals surface area contributed by atoms with Gasteiger partial charge in [0, 0.05) is 0 Å². The molecule has 112 valence electrons. The molecule has 1 nitrogen and oxygen atoms in total. The number of benzene rings is 2. The topological polar surface area (TPSA) is 9.23 Å². The summed E-state index contributed by atoms with van der Waals surface area (Å²) in [6.45, 7) is 4.45. The van der Waals surface area contributed by atoms with Crippen LogP contribution in [0.1, 0.15) is 50.7 Å². The van der Waals surface area contributed by atoms with E-state index in [2.05, 4.69) is 50.2 Å². The van der Waals surface area contributed by atoms with Crippen molar-refractivity contribution in [3.8, 4) is 11.5 Å². The second kappa shape index (κ2) is 8.51. The van der Waals surface area contributed by atoms with Gasteiger partial charge in [-0.25, -0.2) is 0 Å². The van der Waals surface area contributed by atoms with Crippen LogP contribution in [0.15, 0.2) is 48.5 Å². The quantitative estimate of drug-likeness (QED) is 0.563. The molecule has 0 aliphatic rings. The minimum atomic E-state index is 0.941. The van der Waals surface area contributed by atoms with Crippen molar-refractivity contribution in [1.82, 2.24) is 0 Å². The van der Waals surface area contributed by atoms with Gasteiger partial charge in [0.15, 0.2) is 0 Å². The average molecular weight is 282 g/mol. The van der Waals surface area contributed by atoms with E-state index < -0.39 is 0 Å². The van der Waals surface area contributed by atoms with Gasteiger partial charge in [0.25, 0.3) is 0 Å². The third-order valence-corrected chi connectivity index (χ3v) is 3.67. The van der Waals surface area contributed by atoms with E-state index >= 15 is 0 Å². The Morgan fingerprint density at radius 3 is 1.62 bits per heavy atom. The molecule has 2 rings (SSSR count). The van der Waals surface area contributed by atoms with Crippen LogP contribution in [-0.2, 0) is 12.8 Å². The summed E-state index contributed by atoms with van der Waals surface area (Å²) in [7, 11) is 0. The van der Waals surface area contributed by atoms with Gasteiger partial charge in [-0.15, -0.1) is 0 Å². The maximum Gasteiger partial charge on any atom is 0.127 e. The second-order valence-corrected chi connectivity index (χ2v) is 5.60. The lowest BCUT2D eigenvalue weighted by Crippen LogP contribution is -1.90. The molecule has 0 bridgehead atoms. The molecule has 0 N–H and O–H groups in total. The molecule has 0 amide bonds. The van der Waals surface area contributed by atoms with Gasteiger partial charge >= 0.3 is 0 Å². The van der Waals surface area contributed by atoms with Gasteiger partial charge < -0.3 is 4.74 Å². The third-order valence-electron chi connectivity index (χ3n) is 3.67. The fourth-order valence-electron chi connectivity index (χ4n) is 2.43. The van der Waals surface area contributed by atoms with E-state index in [1.165, 1.54) is 36.8 Å². The van der Waals surface area contributed by atoms with Crippen LogP contribution in [0.25, 0.3) is 0 Å². The number of ether oxygens (including phenoxy) is 1. The van der Waals surface area contributed by atoms with Crippen molar-refractivity contribution >= 4 is 0 Å². The number of aryl methyl sites for hydroxylation is 2. The predicted octanol–water partition coefficient (Wildman–Crippen LogP) is 6.16. The molecular weight excluding hydrogens is 256 g/mol. The molecule has 2 aromatic carbocycles. The highest BCUT2D eigenvalue weighted by Gasteiger charge is 2.01. The van der Waals surface area contributed by atoms with Crippen LogP contribution >= 0.6 is 0 Å². The second-order valence-electron chi connectivity index (χ2n) is 5.60. The van der Waals surface area contributed by atoms with Gasteiger partial charge in [0.1, 0.15) is 11.5 Å². The highest BCUT2D eigenvalue weighted by atomic mass is 16.5. The van der Waals surface area contributed by atoms with E-state index in [0.29, 0.717) is 0 Å². The van der Waals surface area contributed by atoms with E-state index in [1.807, 2.05) is 12.1 Å². The summed E-state index contributed by atoms with van der Waals surface area (Å²) in [4.78, 5) is 0. The molecule has 0 fully saturated rings. The highest BCUT2D eigenvalue weighted by Crippen LogP contribution is 2.24. The summed E-state index contributed by atoms with van der Waals surface area (Å²) in [5, 5.41) is 0. The zero-order chi connectivity index (χ0) is 14.9. The molecule has 1 heteroatoms. The van der Waals surface area contributed by atoms with Gasteiger partial charge in [0.2, 0.25) is 0 Å². The summed E-state index contributed by atoms with van der Waals surface area (Å²) in [6.07, 6.45) is 7.18. The molecule has 0 radical (unpaired) electrons. The zero-order valence-corrected chi connectivity index (χ0v) is 13.3. The number of rotatable bonds is 8. The van der Waals surface area contributed by atoms with Crippen molar-refractivity contribution in [2.75, 3.05) is 0 Å². The SMILES string of the molecule is CCCCc1cccc(Oc2cccc(CCCC)c2)c1. The summed E-state index contributed by atoms with van der Waals surface area (Å²) in [5.41, 5.74) is 2.72. The number of hydrogen-bond donors (Lipinski definition) is 0. The lowest BCUT2D eigenvalue weighted by Gasteiger charge is -2.09. The van der Waals surface area contributed by atoms with Crippen molar-refractivity contribution in [2.45, 2.75) is 52.4 Å². The summed E-state index contributed by atoms with van der Waals surface area (Å²) in [6, 6.07) is 16.9. The predicted molar refractivity (Wildman–Crippen MR) is 90.2 cm³/mol. The number of unbranched alkanes of at least 4 members (excludes halogenated alkanes) is 2. The number of hydrogen-bond acceptors (Lipinski definition) is 1. The molecule has 0 spiro atoms. The van der Waals surface area contributed by atoms with Gasteiger partial charge in [-0.05, 0) is 61.1 Å². The lowest BCUT2D eigenvalue weighted by molar-refractivity contribution is 0.481. The van der Waals surface area contributed by atoms with Gasteiger partial charge in [0.05, 0.1) is 0 Å². The van der Waals surface area contributed by atoms with Gasteiger partial charge in [-0.1, -0.05) is 51.0 Å². The highest BCUT2D eigenvalue weighted by molar-refractivity contribution is 5.36. The van der Waals surface area contributed by atoms with E-state index in [1.54, 1.807) is 0 Å². The van der Waals surface area contributed by atoms with Crippen LogP contribution in [0.4, 0.5) is 0 Å². The molecule has 0 heterocycles. The maximum absolute atomic E-state index is 6.02. The molecular formula is C20H26O. The Labute approximate surface area is 129 Å². The van der Waals surface area contributed by atoms with Gasteiger partial charge in [-0.2, -0.15) is 0 Å². The van der Waals surface area contributed by atoms with E-state index in [4.69, 9.17) is 4.74 Å². The molecule has 0 aromatic heterocycles. The maximum atomic E-state index is 6.02. The molecule has 0 saturated carbocycles. The first-order chi connectivity index (χ1) is 10.3. The first-order valence-electron chi connectivity index (χ1n) is 8.17. The van der Waals surface area contributed by atoms with Crippen LogP contribution in [0.5, 0.6) is 11.5 Å². The fraction of sp³-hybridized carbons (Fsp3) is 0.400. The minimum absolute atomic E-state index is 0.941. The van der Waals surface area contributed by atoms with Crippen molar-refractivity contribution in [3.63, 3.8) is 0 Å². The van der Waals surface area contributed by atoms with E-state index in [0.717, 1.165) is 24.3 Å². The van der Waals surface area contributed by atoms with Crippen LogP contribution in [-0.4, -0.2) is 0 Å². The molecule has 21 heavy (non-hydrogen) atoms. The largest absolute Gasteiger partial charge is 0.457 e. The van der Waals surface area contributed by atoms with Crippen LogP contribution in [0.2, 0.25) is 0 Å². The normalized spacial score (nSPS) is 10.6. The third kappa shape index (κ3) is 5.26. The van der Waals surface area contributed by atoms with Crippen LogP contribution in [0, 0.1) is 0 Å². The van der Waals surface area contributed by atoms with Crippen molar-refractivity contribution in [2.24, 2.45) is 0 Å². The lowest BCUT2D eigenvalue weighted by atomic mass is 10.1. The Morgan fingerprint density at radius 1 is 0.714 bits per heavy atom. The van der Waals surface area contributed by atoms with Crippen molar-refractivity contribution in [3.05, 3.63) is 59.7 Å². The van der Waals surface area contributed by atoms with Gasteiger partial charge in [-0.3, -0.25) is 0 Å². The first kappa shape index (κ1) is 15.6. The Bertz CT molecular complexity index is 496. The standard InChI is InChI=1S/C20H26O/c1-3-5-9-17-11-7-13-19(15-17)21-20-14-8-12-18(16-20)10-6-4-2/h7-8,11-16H,3-6,9-10H2,1-2H3. The summed E-state index contributed by atoms with van der Waals surface area (Å²) in [5.74, 6) is 1.88. The smallest absolute Gasteiger partial charge is 0.127 e. The average Bonchev–Trinajstić information content (AvgIpc) is 2.52. The molecule has 2 aromatic rings. The Kier molecular flexibility index (Phi) is 6.33. The molecule has 0 unspecified atom stereocenters. The minimum Gasteiger partial charge on any atom is -0.457 e. The van der Waals surface area contributed by atoms with Crippen LogP contribution in [0.3, 0.4) is 0 Å². The van der Waals surface area contributed by atoms with E-state index in [-0.39, 0.29) is 0 Å². The van der Waals surface area contributed by atoms with Crippen LogP contribution < -0.4 is 4.74 Å². The van der Waals surface area contributed by atoms with Crippen molar-refractivity contribution in [1.29, 1.82) is 0 Å². The zero-order valence-electron chi connectivity index (χ0n) is 13.3. The Morgan fingerprint density at radius 2 is 1.19 bits per heavy atom. The Balaban J connectivity index is 2.03. The molecule has 0 aliphatic heterocycles. The molecule has 0 atom stereocenters. The Hall–Kier alpha value is -1.76. The monoisotopic (exact) mass is 282 g/mol. The summed E-state index contributed by atoms with van der Waals surface area (Å²) < 4.78 is 6.02. The molecule has 0 aliphatic carbocycles. The first-order valence-corrected chi connectivity index (χ1v) is 8.17. The summed E-state index contributed by atoms with van der Waals surface area (Å²) >= 11 is 0. The molecule has 0 saturated heterocycles. The van der Waals surface area contributed by atoms with Crippen molar-refractivity contribution < 1.29 is 4.74 Å².